The topological polar surface area (TPSA) is 136 Å². The first-order valence-electron chi connectivity index (χ1n) is 14.6. The van der Waals surface area contributed by atoms with Crippen LogP contribution in [0.3, 0.4) is 0 Å². The lowest BCUT2D eigenvalue weighted by Gasteiger charge is -2.33. The van der Waals surface area contributed by atoms with Crippen molar-refractivity contribution in [2.45, 2.75) is 80.5 Å². The number of carbonyl (C=O) groups excluding carboxylic acids is 2. The molecule has 2 aromatic rings. The van der Waals surface area contributed by atoms with Gasteiger partial charge in [0.1, 0.15) is 30.3 Å². The average Bonchev–Trinajstić information content (AvgIpc) is 3.01. The third-order valence-electron chi connectivity index (χ3n) is 5.89. The molecule has 45 heavy (non-hydrogen) atoms. The van der Waals surface area contributed by atoms with Crippen LogP contribution in [0.25, 0.3) is 0 Å². The van der Waals surface area contributed by atoms with E-state index < -0.39 is 40.2 Å². The van der Waals surface area contributed by atoms with Crippen LogP contribution in [-0.4, -0.2) is 67.8 Å². The van der Waals surface area contributed by atoms with Gasteiger partial charge >= 0.3 is 0 Å². The minimum absolute atomic E-state index is 0.0390. The van der Waals surface area contributed by atoms with Crippen molar-refractivity contribution in [1.29, 1.82) is 0 Å². The molecule has 1 aromatic carbocycles. The van der Waals surface area contributed by atoms with Crippen molar-refractivity contribution in [2.75, 3.05) is 34.7 Å². The van der Waals surface area contributed by atoms with Gasteiger partial charge < -0.3 is 39.1 Å². The van der Waals surface area contributed by atoms with Crippen LogP contribution < -0.4 is 10.7 Å². The molecule has 2 unspecified atom stereocenters. The fourth-order valence-electron chi connectivity index (χ4n) is 3.71. The number of aliphatic hydroxyl groups excluding tert-OH is 1. The number of ether oxygens (including phenoxy) is 3. The fraction of sp³-hybridized carbons (Fsp3) is 0.545. The van der Waals surface area contributed by atoms with Crippen LogP contribution in [0.15, 0.2) is 41.8 Å². The highest BCUT2D eigenvalue weighted by atomic mass is 19.1. The summed E-state index contributed by atoms with van der Waals surface area (Å²) in [6.45, 7) is 16.6. The molecule has 0 aliphatic rings. The number of aromatic hydroxyl groups is 1. The number of amides is 1. The van der Waals surface area contributed by atoms with E-state index in [9.17, 15) is 28.3 Å². The molecule has 2 rings (SSSR count). The van der Waals surface area contributed by atoms with Gasteiger partial charge in [-0.15, -0.1) is 6.58 Å². The number of hydrogen-bond donors (Lipinski definition) is 3. The molecule has 0 radical (unpaired) electrons. The number of benzene rings is 1. The number of allylic oxidation sites excluding steroid dienone is 1. The predicted octanol–water partition coefficient (Wildman–Crippen LogP) is 5.54. The molecule has 0 aliphatic heterocycles. The van der Waals surface area contributed by atoms with Crippen LogP contribution in [0, 0.1) is 24.0 Å². The smallest absolute Gasteiger partial charge is 0.257 e. The number of carbonyl (C=O) groups is 2. The number of aromatic nitrogens is 1. The Morgan fingerprint density at radius 1 is 1.18 bits per heavy atom. The summed E-state index contributed by atoms with van der Waals surface area (Å²) in [7, 11) is 4.64. The summed E-state index contributed by atoms with van der Waals surface area (Å²) in [6, 6.07) is 2.94. The molecule has 0 spiro atoms. The van der Waals surface area contributed by atoms with Crippen molar-refractivity contribution < 1.29 is 42.8 Å². The summed E-state index contributed by atoms with van der Waals surface area (Å²) in [5, 5.41) is 20.3. The first-order valence-corrected chi connectivity index (χ1v) is 14.6. The molecule has 12 heteroatoms. The van der Waals surface area contributed by atoms with E-state index in [0.717, 1.165) is 18.8 Å². The zero-order valence-corrected chi connectivity index (χ0v) is 28.5. The lowest BCUT2D eigenvalue weighted by atomic mass is 9.81. The van der Waals surface area contributed by atoms with Gasteiger partial charge in [-0.05, 0) is 33.3 Å². The Balaban J connectivity index is -0.00000116. The summed E-state index contributed by atoms with van der Waals surface area (Å²) < 4.78 is 42.8. The molecule has 1 heterocycles. The van der Waals surface area contributed by atoms with Crippen molar-refractivity contribution >= 4 is 12.2 Å². The quantitative estimate of drug-likeness (QED) is 0.156. The molecule has 1 aromatic heterocycles. The van der Waals surface area contributed by atoms with Crippen LogP contribution >= 0.6 is 0 Å². The first kappa shape index (κ1) is 46.0. The van der Waals surface area contributed by atoms with Crippen molar-refractivity contribution in [1.82, 2.24) is 9.88 Å². The second kappa shape index (κ2) is 26.9. The number of rotatable bonds is 12. The molecule has 0 saturated heterocycles. The number of aldehydes is 1. The second-order valence-electron chi connectivity index (χ2n) is 9.39. The van der Waals surface area contributed by atoms with Gasteiger partial charge in [-0.1, -0.05) is 46.3 Å². The van der Waals surface area contributed by atoms with Gasteiger partial charge in [0.05, 0.1) is 17.2 Å². The highest BCUT2D eigenvalue weighted by molar-refractivity contribution is 5.94. The van der Waals surface area contributed by atoms with E-state index in [1.54, 1.807) is 34.1 Å². The van der Waals surface area contributed by atoms with Gasteiger partial charge in [-0.3, -0.25) is 9.59 Å². The summed E-state index contributed by atoms with van der Waals surface area (Å²) in [4.78, 5) is 36.9. The largest absolute Gasteiger partial charge is 0.503 e. The lowest BCUT2D eigenvalue weighted by molar-refractivity contribution is -0.124. The van der Waals surface area contributed by atoms with Gasteiger partial charge in [-0.25, -0.2) is 8.78 Å². The third kappa shape index (κ3) is 17.0. The highest BCUT2D eigenvalue weighted by Gasteiger charge is 2.34. The monoisotopic (exact) mass is 644 g/mol. The average molecular weight is 645 g/mol. The standard InChI is InChI=1S/C23H28F2N2O5.C3H8O2.C3H6.C2H6O.C2H6/c1-5-8-23(3,13-28)19(32-4)12-27-11-17(21(30)20(29)14(27)2)22(31)26-10-15-6-7-16(24)9-18(15)25;1-4-3-5-2;1-3-2;1-2-3;1-2/h6-7,9,11,13,19,29H,5,8,10,12H2,1-4H3,(H,26,31);3H2,1-2H3;3H,1H2,2H3;3H,2H2,1H3;1-2H3. The summed E-state index contributed by atoms with van der Waals surface area (Å²) in [5.41, 5.74) is -1.79. The molecule has 0 bridgehead atoms. The van der Waals surface area contributed by atoms with E-state index >= 15 is 0 Å². The number of aliphatic hydroxyl groups is 1. The van der Waals surface area contributed by atoms with Crippen molar-refractivity contribution in [2.24, 2.45) is 5.41 Å². The Hall–Kier alpha value is -3.45. The molecular formula is C33H54F2N2O8. The number of methoxy groups -OCH3 is 3. The maximum absolute atomic E-state index is 13.8. The molecule has 10 nitrogen and oxygen atoms in total. The van der Waals surface area contributed by atoms with Crippen LogP contribution in [0.4, 0.5) is 8.78 Å². The first-order chi connectivity index (χ1) is 21.3. The maximum Gasteiger partial charge on any atom is 0.257 e. The number of nitrogens with zero attached hydrogens (tertiary/aromatic N) is 1. The van der Waals surface area contributed by atoms with E-state index in [1.807, 2.05) is 27.7 Å². The van der Waals surface area contributed by atoms with E-state index in [0.29, 0.717) is 19.3 Å². The Bertz CT molecular complexity index is 1170. The molecule has 2 atom stereocenters. The second-order valence-corrected chi connectivity index (χ2v) is 9.39. The molecule has 0 fully saturated rings. The van der Waals surface area contributed by atoms with Gasteiger partial charge in [0.25, 0.3) is 5.91 Å². The predicted molar refractivity (Wildman–Crippen MR) is 173 cm³/mol. The maximum atomic E-state index is 13.8. The van der Waals surface area contributed by atoms with Gasteiger partial charge in [0.2, 0.25) is 5.43 Å². The normalized spacial score (nSPS) is 11.7. The van der Waals surface area contributed by atoms with Crippen LogP contribution in [0.5, 0.6) is 5.75 Å². The van der Waals surface area contributed by atoms with Crippen molar-refractivity contribution in [3.05, 3.63) is 75.7 Å². The minimum Gasteiger partial charge on any atom is -0.503 e. The Labute approximate surface area is 267 Å². The van der Waals surface area contributed by atoms with Gasteiger partial charge in [0, 0.05) is 58.9 Å². The Morgan fingerprint density at radius 2 is 1.71 bits per heavy atom. The number of hydrogen-bond acceptors (Lipinski definition) is 8. The minimum atomic E-state index is -0.878. The molecule has 0 aliphatic carbocycles. The van der Waals surface area contributed by atoms with Gasteiger partial charge in [0.15, 0.2) is 5.75 Å². The Morgan fingerprint density at radius 3 is 2.11 bits per heavy atom. The zero-order valence-electron chi connectivity index (χ0n) is 28.5. The van der Waals surface area contributed by atoms with E-state index in [2.05, 4.69) is 21.4 Å². The lowest BCUT2D eigenvalue weighted by Crippen LogP contribution is -2.39. The highest BCUT2D eigenvalue weighted by Crippen LogP contribution is 2.29. The van der Waals surface area contributed by atoms with Gasteiger partial charge in [-0.2, -0.15) is 0 Å². The molecular weight excluding hydrogens is 590 g/mol. The molecule has 258 valence electrons. The van der Waals surface area contributed by atoms with E-state index in [4.69, 9.17) is 9.84 Å². The molecule has 3 N–H and O–H groups in total. The van der Waals surface area contributed by atoms with E-state index in [-0.39, 0.29) is 36.5 Å². The fourth-order valence-corrected chi connectivity index (χ4v) is 3.71. The number of nitrogens with one attached hydrogen (secondary N) is 1. The summed E-state index contributed by atoms with van der Waals surface area (Å²) >= 11 is 0. The van der Waals surface area contributed by atoms with Crippen LogP contribution in [0.1, 0.15) is 76.0 Å². The zero-order chi connectivity index (χ0) is 35.6. The van der Waals surface area contributed by atoms with E-state index in [1.165, 1.54) is 30.9 Å². The molecule has 0 saturated carbocycles. The Kier molecular flexibility index (Phi) is 27.5. The van der Waals surface area contributed by atoms with Crippen molar-refractivity contribution in [3.63, 3.8) is 0 Å². The summed E-state index contributed by atoms with van der Waals surface area (Å²) in [5.74, 6) is -3.02. The third-order valence-corrected chi connectivity index (χ3v) is 5.89. The van der Waals surface area contributed by atoms with Crippen LogP contribution in [-0.2, 0) is 32.1 Å². The SMILES string of the molecule is C=CC.CC.CCCC(C)(C=O)C(Cn1cc(C(=O)NCc2ccc(F)cc2F)c(=O)c(O)c1C)OC.CCO.COCOC. The number of pyridine rings is 1. The molecule has 1 amide bonds. The van der Waals surface area contributed by atoms with Crippen molar-refractivity contribution in [3.8, 4) is 5.75 Å². The van der Waals surface area contributed by atoms with Crippen LogP contribution in [0.2, 0.25) is 0 Å². The summed E-state index contributed by atoms with van der Waals surface area (Å²) in [6.07, 6.45) is 4.59. The number of halogens is 2.